The Morgan fingerprint density at radius 1 is 1.46 bits per heavy atom. The number of nitrogens with one attached hydrogen (secondary N) is 1. The number of rotatable bonds is 2. The minimum Gasteiger partial charge on any atom is -0.214 e. The molecule has 0 radical (unpaired) electrons. The molecule has 4 nitrogen and oxygen atoms in total. The molecule has 1 rings (SSSR count). The molecule has 0 atom stereocenters. The molecule has 0 aliphatic rings. The Morgan fingerprint density at radius 2 is 2.08 bits per heavy atom. The van der Waals surface area contributed by atoms with E-state index in [0.29, 0.717) is 5.56 Å². The van der Waals surface area contributed by atoms with Crippen molar-refractivity contribution < 1.29 is 12.5 Å². The lowest BCUT2D eigenvalue weighted by molar-refractivity contribution is 0.588. The van der Waals surface area contributed by atoms with Crippen molar-refractivity contribution in [3.8, 4) is 6.07 Å². The molecule has 0 spiro atoms. The summed E-state index contributed by atoms with van der Waals surface area (Å²) in [5, 5.41) is 8.51. The first-order chi connectivity index (χ1) is 7.24. The summed E-state index contributed by atoms with van der Waals surface area (Å²) < 4.78 is 44.9. The van der Waals surface area contributed by atoms with Gasteiger partial charge in [-0.15, -0.1) is 0 Å². The van der Waals surface area contributed by atoms with Crippen molar-refractivity contribution in [3.63, 3.8) is 0 Å². The monoisotopic (exact) mass is 199 g/mol. The molecule has 0 bridgehead atoms. The van der Waals surface area contributed by atoms with E-state index in [1.807, 2.05) is 6.07 Å². The van der Waals surface area contributed by atoms with E-state index in [2.05, 4.69) is 0 Å². The lowest BCUT2D eigenvalue weighted by atomic mass is 10.2. The van der Waals surface area contributed by atoms with Gasteiger partial charge >= 0.3 is 0 Å². The number of nitriles is 1. The molecule has 0 unspecified atom stereocenters. The first-order valence-corrected chi connectivity index (χ1v) is 4.77. The molecule has 0 heterocycles. The third-order valence-electron chi connectivity index (χ3n) is 1.43. The number of hydrogen-bond acceptors (Lipinski definition) is 3. The predicted octanol–water partition coefficient (Wildman–Crippen LogP) is 0.466. The van der Waals surface area contributed by atoms with E-state index in [1.165, 1.54) is 29.0 Å². The maximum absolute atomic E-state index is 11.5. The van der Waals surface area contributed by atoms with Crippen LogP contribution >= 0.6 is 0 Å². The third kappa shape index (κ3) is 2.05. The Hall–Kier alpha value is -1.38. The van der Waals surface area contributed by atoms with Crippen LogP contribution in [-0.4, -0.2) is 15.4 Å². The molecular formula is C8H8N2O2S. The number of hydrogen-bond donors (Lipinski definition) is 1. The summed E-state index contributed by atoms with van der Waals surface area (Å²) in [6, 6.07) is 6.77. The molecule has 68 valence electrons. The van der Waals surface area contributed by atoms with Crippen molar-refractivity contribution in [1.82, 2.24) is 4.72 Å². The van der Waals surface area contributed by atoms with Crippen molar-refractivity contribution >= 4 is 10.0 Å². The molecular weight excluding hydrogens is 188 g/mol. The second-order valence-electron chi connectivity index (χ2n) is 2.24. The van der Waals surface area contributed by atoms with E-state index in [4.69, 9.17) is 9.37 Å². The summed E-state index contributed by atoms with van der Waals surface area (Å²) in [7, 11) is -4.06. The molecule has 0 aliphatic heterocycles. The van der Waals surface area contributed by atoms with Crippen LogP contribution in [0.5, 0.6) is 0 Å². The standard InChI is InChI=1S/C8H8N2O2S/c1-10-13(11,12)8-4-2-7(6-9)3-5-8/h2-5,10H,1H3/i1D3. The van der Waals surface area contributed by atoms with Crippen LogP contribution in [-0.2, 0) is 10.0 Å². The Balaban J connectivity index is 3.05. The fourth-order valence-electron chi connectivity index (χ4n) is 0.768. The van der Waals surface area contributed by atoms with Gasteiger partial charge in [0.05, 0.1) is 16.5 Å². The van der Waals surface area contributed by atoms with Crippen molar-refractivity contribution in [2.45, 2.75) is 4.90 Å². The highest BCUT2D eigenvalue weighted by molar-refractivity contribution is 7.89. The van der Waals surface area contributed by atoms with Gasteiger partial charge in [-0.2, -0.15) is 5.26 Å². The topological polar surface area (TPSA) is 70.0 Å². The van der Waals surface area contributed by atoms with Gasteiger partial charge in [0, 0.05) is 4.11 Å². The van der Waals surface area contributed by atoms with Crippen LogP contribution in [0.25, 0.3) is 0 Å². The van der Waals surface area contributed by atoms with Crippen molar-refractivity contribution in [3.05, 3.63) is 29.8 Å². The van der Waals surface area contributed by atoms with Crippen LogP contribution in [0.2, 0.25) is 0 Å². The maximum Gasteiger partial charge on any atom is 0.240 e. The largest absolute Gasteiger partial charge is 0.240 e. The number of benzene rings is 1. The average Bonchev–Trinajstić information content (AvgIpc) is 2.14. The molecule has 1 aromatic carbocycles. The highest BCUT2D eigenvalue weighted by atomic mass is 32.2. The van der Waals surface area contributed by atoms with Gasteiger partial charge in [0.25, 0.3) is 0 Å². The van der Waals surface area contributed by atoms with Crippen LogP contribution in [0.4, 0.5) is 0 Å². The molecule has 1 aromatic rings. The van der Waals surface area contributed by atoms with E-state index < -0.39 is 17.0 Å². The zero-order chi connectivity index (χ0) is 12.4. The third-order valence-corrected chi connectivity index (χ3v) is 2.59. The molecule has 13 heavy (non-hydrogen) atoms. The van der Waals surface area contributed by atoms with E-state index in [9.17, 15) is 8.42 Å². The molecule has 0 amide bonds. The maximum atomic E-state index is 11.5. The highest BCUT2D eigenvalue weighted by Crippen LogP contribution is 2.08. The molecule has 5 heteroatoms. The normalized spacial score (nSPS) is 15.2. The average molecular weight is 199 g/mol. The fraction of sp³-hybridized carbons (Fsp3) is 0.125. The van der Waals surface area contributed by atoms with Crippen molar-refractivity contribution in [1.29, 1.82) is 5.26 Å². The molecule has 0 fully saturated rings. The number of nitrogens with zero attached hydrogens (tertiary/aromatic N) is 1. The first-order valence-electron chi connectivity index (χ1n) is 4.79. The molecule has 0 aromatic heterocycles. The summed E-state index contributed by atoms with van der Waals surface area (Å²) in [5.41, 5.74) is 0.299. The summed E-state index contributed by atoms with van der Waals surface area (Å²) >= 11 is 0. The van der Waals surface area contributed by atoms with Gasteiger partial charge < -0.3 is 0 Å². The van der Waals surface area contributed by atoms with Crippen LogP contribution in [0.3, 0.4) is 0 Å². The zero-order valence-electron chi connectivity index (χ0n) is 9.48. The molecule has 1 N–H and O–H groups in total. The zero-order valence-corrected chi connectivity index (χ0v) is 7.30. The van der Waals surface area contributed by atoms with Crippen LogP contribution in [0.15, 0.2) is 29.2 Å². The van der Waals surface area contributed by atoms with Gasteiger partial charge in [-0.1, -0.05) is 0 Å². The Kier molecular flexibility index (Phi) is 1.68. The van der Waals surface area contributed by atoms with E-state index in [0.717, 1.165) is 0 Å². The van der Waals surface area contributed by atoms with Crippen LogP contribution in [0, 0.1) is 11.3 Å². The quantitative estimate of drug-likeness (QED) is 0.752. The minimum absolute atomic E-state index is 0.192. The van der Waals surface area contributed by atoms with Gasteiger partial charge in [-0.05, 0) is 31.2 Å². The Morgan fingerprint density at radius 3 is 2.54 bits per heavy atom. The van der Waals surface area contributed by atoms with Gasteiger partial charge in [0.2, 0.25) is 10.0 Å². The predicted molar refractivity (Wildman–Crippen MR) is 47.4 cm³/mol. The lowest BCUT2D eigenvalue weighted by Gasteiger charge is -2.00. The highest BCUT2D eigenvalue weighted by Gasteiger charge is 2.09. The SMILES string of the molecule is [2H]C([2H])([2H])NS(=O)(=O)c1ccc(C#N)cc1. The van der Waals surface area contributed by atoms with Crippen molar-refractivity contribution in [2.75, 3.05) is 6.98 Å². The van der Waals surface area contributed by atoms with Gasteiger partial charge in [0.15, 0.2) is 0 Å². The molecule has 0 saturated heterocycles. The smallest absolute Gasteiger partial charge is 0.214 e. The molecule has 0 aliphatic carbocycles. The first kappa shape index (κ1) is 6.13. The summed E-state index contributed by atoms with van der Waals surface area (Å²) in [6.07, 6.45) is 0. The van der Waals surface area contributed by atoms with Crippen LogP contribution < -0.4 is 4.72 Å². The number of sulfonamides is 1. The fourth-order valence-corrected chi connectivity index (χ4v) is 1.38. The van der Waals surface area contributed by atoms with Crippen molar-refractivity contribution in [2.24, 2.45) is 0 Å². The van der Waals surface area contributed by atoms with E-state index in [1.54, 1.807) is 0 Å². The van der Waals surface area contributed by atoms with E-state index in [-0.39, 0.29) is 4.90 Å². The minimum atomic E-state index is -4.06. The van der Waals surface area contributed by atoms with Gasteiger partial charge in [0.1, 0.15) is 0 Å². The second kappa shape index (κ2) is 3.56. The van der Waals surface area contributed by atoms with Gasteiger partial charge in [-0.25, -0.2) is 13.1 Å². The second-order valence-corrected chi connectivity index (χ2v) is 3.92. The van der Waals surface area contributed by atoms with E-state index >= 15 is 0 Å². The Bertz CT molecular complexity index is 514. The molecule has 0 saturated carbocycles. The summed E-state index contributed by atoms with van der Waals surface area (Å²) in [4.78, 5) is -0.192. The summed E-state index contributed by atoms with van der Waals surface area (Å²) in [5.74, 6) is 0. The lowest BCUT2D eigenvalue weighted by Crippen LogP contribution is -2.18. The summed E-state index contributed by atoms with van der Waals surface area (Å²) in [6.45, 7) is -2.77. The Labute approximate surface area is 81.1 Å². The van der Waals surface area contributed by atoms with Crippen LogP contribution in [0.1, 0.15) is 9.68 Å². The van der Waals surface area contributed by atoms with Gasteiger partial charge in [-0.3, -0.25) is 0 Å².